The average Bonchev–Trinajstić information content (AvgIpc) is 2.39. The van der Waals surface area contributed by atoms with Crippen LogP contribution in [0.5, 0.6) is 0 Å². The van der Waals surface area contributed by atoms with Crippen molar-refractivity contribution < 1.29 is 4.92 Å². The summed E-state index contributed by atoms with van der Waals surface area (Å²) in [5.41, 5.74) is 0.811. The fourth-order valence-electron chi connectivity index (χ4n) is 1.53. The molecule has 1 rings (SSSR count). The maximum atomic E-state index is 10.5. The Kier molecular flexibility index (Phi) is 5.14. The van der Waals surface area contributed by atoms with E-state index in [-0.39, 0.29) is 5.69 Å². The molecule has 1 aromatic rings. The van der Waals surface area contributed by atoms with Gasteiger partial charge in [0.1, 0.15) is 0 Å². The summed E-state index contributed by atoms with van der Waals surface area (Å²) >= 11 is 0. The lowest BCUT2D eigenvalue weighted by Crippen LogP contribution is -2.25. The first-order valence-corrected chi connectivity index (χ1v) is 5.42. The molecule has 6 nitrogen and oxygen atoms in total. The molecule has 0 unspecified atom stereocenters. The number of nitrogens with zero attached hydrogens (tertiary/aromatic N) is 4. The van der Waals surface area contributed by atoms with Crippen molar-refractivity contribution in [2.24, 2.45) is 0 Å². The predicted octanol–water partition coefficient (Wildman–Crippen LogP) is 2.23. The average molecular weight is 244 g/mol. The first-order valence-electron chi connectivity index (χ1n) is 5.42. The molecule has 0 aliphatic carbocycles. The van der Waals surface area contributed by atoms with Crippen molar-refractivity contribution >= 4 is 11.4 Å². The van der Waals surface area contributed by atoms with Crippen LogP contribution in [-0.2, 0) is 0 Å². The fraction of sp³-hybridized carbons (Fsp3) is 0.333. The van der Waals surface area contributed by atoms with E-state index < -0.39 is 4.92 Å². The quantitative estimate of drug-likeness (QED) is 0.565. The molecule has 18 heavy (non-hydrogen) atoms. The van der Waals surface area contributed by atoms with Crippen LogP contribution in [0, 0.1) is 32.8 Å². The van der Waals surface area contributed by atoms with Crippen molar-refractivity contribution in [3.05, 3.63) is 34.4 Å². The van der Waals surface area contributed by atoms with E-state index in [1.807, 2.05) is 17.0 Å². The van der Waals surface area contributed by atoms with Crippen LogP contribution in [0.1, 0.15) is 12.8 Å². The van der Waals surface area contributed by atoms with Crippen molar-refractivity contribution in [2.45, 2.75) is 12.8 Å². The van der Waals surface area contributed by atoms with Gasteiger partial charge in [0.15, 0.2) is 0 Å². The Morgan fingerprint density at radius 2 is 1.61 bits per heavy atom. The topological polar surface area (TPSA) is 94.0 Å². The van der Waals surface area contributed by atoms with E-state index >= 15 is 0 Å². The minimum absolute atomic E-state index is 0.0271. The van der Waals surface area contributed by atoms with Gasteiger partial charge in [-0.2, -0.15) is 10.5 Å². The van der Waals surface area contributed by atoms with Gasteiger partial charge in [-0.3, -0.25) is 10.1 Å². The monoisotopic (exact) mass is 244 g/mol. The zero-order valence-corrected chi connectivity index (χ0v) is 9.74. The van der Waals surface area contributed by atoms with Gasteiger partial charge in [-0.25, -0.2) is 0 Å². The highest BCUT2D eigenvalue weighted by molar-refractivity contribution is 5.51. The lowest BCUT2D eigenvalue weighted by Gasteiger charge is -2.22. The van der Waals surface area contributed by atoms with Gasteiger partial charge in [0.2, 0.25) is 0 Å². The van der Waals surface area contributed by atoms with E-state index in [1.54, 1.807) is 12.1 Å². The van der Waals surface area contributed by atoms with Crippen LogP contribution in [0.25, 0.3) is 0 Å². The van der Waals surface area contributed by atoms with Gasteiger partial charge in [0, 0.05) is 30.9 Å². The Morgan fingerprint density at radius 3 is 2.00 bits per heavy atom. The van der Waals surface area contributed by atoms with Gasteiger partial charge in [-0.15, -0.1) is 0 Å². The molecule has 0 atom stereocenters. The summed E-state index contributed by atoms with van der Waals surface area (Å²) < 4.78 is 0. The van der Waals surface area contributed by atoms with E-state index in [2.05, 4.69) is 0 Å². The molecule has 0 amide bonds. The highest BCUT2D eigenvalue weighted by Crippen LogP contribution is 2.19. The highest BCUT2D eigenvalue weighted by Gasteiger charge is 2.09. The minimum atomic E-state index is -0.460. The normalized spacial score (nSPS) is 9.22. The van der Waals surface area contributed by atoms with Crippen LogP contribution in [0.15, 0.2) is 24.3 Å². The van der Waals surface area contributed by atoms with Crippen LogP contribution < -0.4 is 4.90 Å². The first kappa shape index (κ1) is 13.5. The summed E-state index contributed by atoms with van der Waals surface area (Å²) in [6, 6.07) is 10.2. The Bertz CT molecular complexity index is 466. The Balaban J connectivity index is 2.81. The van der Waals surface area contributed by atoms with Gasteiger partial charge in [0.05, 0.1) is 29.9 Å². The molecule has 0 bridgehead atoms. The second kappa shape index (κ2) is 6.87. The van der Waals surface area contributed by atoms with Gasteiger partial charge in [-0.1, -0.05) is 0 Å². The summed E-state index contributed by atoms with van der Waals surface area (Å²) in [5, 5.41) is 27.7. The van der Waals surface area contributed by atoms with Crippen molar-refractivity contribution in [3.8, 4) is 12.1 Å². The van der Waals surface area contributed by atoms with Crippen molar-refractivity contribution in [1.29, 1.82) is 10.5 Å². The number of benzene rings is 1. The smallest absolute Gasteiger partial charge is 0.269 e. The fourth-order valence-corrected chi connectivity index (χ4v) is 1.53. The van der Waals surface area contributed by atoms with Crippen molar-refractivity contribution in [2.75, 3.05) is 18.0 Å². The summed E-state index contributed by atoms with van der Waals surface area (Å²) in [7, 11) is 0. The number of hydrogen-bond acceptors (Lipinski definition) is 5. The summed E-state index contributed by atoms with van der Waals surface area (Å²) in [6.07, 6.45) is 0.699. The summed E-state index contributed by atoms with van der Waals surface area (Å²) in [4.78, 5) is 11.9. The molecule has 0 aliphatic heterocycles. The third-order valence-electron chi connectivity index (χ3n) is 2.41. The van der Waals surface area contributed by atoms with Crippen molar-refractivity contribution in [1.82, 2.24) is 0 Å². The Labute approximate surface area is 105 Å². The molecule has 0 aliphatic rings. The van der Waals surface area contributed by atoms with E-state index in [4.69, 9.17) is 10.5 Å². The van der Waals surface area contributed by atoms with Gasteiger partial charge < -0.3 is 4.90 Å². The molecule has 0 fully saturated rings. The Morgan fingerprint density at radius 1 is 1.11 bits per heavy atom. The van der Waals surface area contributed by atoms with Gasteiger partial charge in [-0.05, 0) is 12.1 Å². The molecular weight excluding hydrogens is 232 g/mol. The van der Waals surface area contributed by atoms with Gasteiger partial charge >= 0.3 is 0 Å². The maximum absolute atomic E-state index is 10.5. The number of non-ortho nitro benzene ring substituents is 1. The van der Waals surface area contributed by atoms with E-state index in [1.165, 1.54) is 12.1 Å². The molecule has 1 aromatic carbocycles. The molecule has 92 valence electrons. The number of nitro benzene ring substituents is 1. The molecule has 0 aromatic heterocycles. The van der Waals surface area contributed by atoms with Gasteiger partial charge in [0.25, 0.3) is 5.69 Å². The first-order chi connectivity index (χ1) is 8.69. The predicted molar refractivity (Wildman–Crippen MR) is 65.8 cm³/mol. The number of nitriles is 2. The molecule has 0 heterocycles. The molecule has 0 spiro atoms. The van der Waals surface area contributed by atoms with E-state index in [0.29, 0.717) is 25.9 Å². The molecule has 0 saturated heterocycles. The third-order valence-corrected chi connectivity index (χ3v) is 2.41. The molecule has 0 radical (unpaired) electrons. The summed E-state index contributed by atoms with van der Waals surface area (Å²) in [6.45, 7) is 1.02. The molecular formula is C12H12N4O2. The van der Waals surface area contributed by atoms with Crippen LogP contribution in [0.3, 0.4) is 0 Å². The number of nitro groups is 1. The second-order valence-electron chi connectivity index (χ2n) is 3.58. The second-order valence-corrected chi connectivity index (χ2v) is 3.58. The lowest BCUT2D eigenvalue weighted by molar-refractivity contribution is -0.384. The van der Waals surface area contributed by atoms with Crippen molar-refractivity contribution in [3.63, 3.8) is 0 Å². The third kappa shape index (κ3) is 3.76. The molecule has 0 N–H and O–H groups in total. The van der Waals surface area contributed by atoms with E-state index in [0.717, 1.165) is 5.69 Å². The zero-order valence-electron chi connectivity index (χ0n) is 9.74. The standard InChI is InChI=1S/C12H12N4O2/c13-7-1-9-15(10-2-8-14)11-3-5-12(6-4-11)16(17)18/h3-6H,1-2,9-10H2. The summed E-state index contributed by atoms with van der Waals surface area (Å²) in [5.74, 6) is 0. The molecule has 6 heteroatoms. The molecule has 0 saturated carbocycles. The van der Waals surface area contributed by atoms with Crippen LogP contribution in [0.2, 0.25) is 0 Å². The van der Waals surface area contributed by atoms with Crippen LogP contribution in [0.4, 0.5) is 11.4 Å². The number of rotatable bonds is 6. The maximum Gasteiger partial charge on any atom is 0.269 e. The van der Waals surface area contributed by atoms with Crippen LogP contribution >= 0.6 is 0 Å². The largest absolute Gasteiger partial charge is 0.369 e. The Hall–Kier alpha value is -2.60. The SMILES string of the molecule is N#CCCN(CCC#N)c1ccc([N+](=O)[O-])cc1. The van der Waals surface area contributed by atoms with Crippen LogP contribution in [-0.4, -0.2) is 18.0 Å². The number of hydrogen-bond donors (Lipinski definition) is 0. The highest BCUT2D eigenvalue weighted by atomic mass is 16.6. The number of anilines is 1. The zero-order chi connectivity index (χ0) is 13.4. The minimum Gasteiger partial charge on any atom is -0.369 e. The lowest BCUT2D eigenvalue weighted by atomic mass is 10.2. The van der Waals surface area contributed by atoms with E-state index in [9.17, 15) is 10.1 Å².